The van der Waals surface area contributed by atoms with E-state index in [9.17, 15) is 4.39 Å². The molecular formula is C25H51FO. The molecule has 0 amide bonds. The molecule has 0 aliphatic carbocycles. The Morgan fingerprint density at radius 2 is 0.926 bits per heavy atom. The predicted molar refractivity (Wildman–Crippen MR) is 119 cm³/mol. The summed E-state index contributed by atoms with van der Waals surface area (Å²) in [6.07, 6.45) is 23.3. The molecule has 0 rings (SSSR count). The first-order valence-electron chi connectivity index (χ1n) is 12.3. The van der Waals surface area contributed by atoms with E-state index in [1.807, 2.05) is 0 Å². The van der Waals surface area contributed by atoms with E-state index in [2.05, 4.69) is 20.8 Å². The molecule has 0 aromatic rings. The van der Waals surface area contributed by atoms with Crippen molar-refractivity contribution in [3.63, 3.8) is 0 Å². The van der Waals surface area contributed by atoms with Gasteiger partial charge in [-0.25, -0.2) is 0 Å². The number of unbranched alkanes of at least 4 members (excludes halogenated alkanes) is 14. The van der Waals surface area contributed by atoms with E-state index in [1.165, 1.54) is 103 Å². The van der Waals surface area contributed by atoms with E-state index in [-0.39, 0.29) is 6.67 Å². The van der Waals surface area contributed by atoms with Gasteiger partial charge in [-0.2, -0.15) is 0 Å². The molecule has 0 fully saturated rings. The molecule has 0 heterocycles. The lowest BCUT2D eigenvalue weighted by atomic mass is 9.85. The zero-order chi connectivity index (χ0) is 20.1. The Kier molecular flexibility index (Phi) is 20.5. The first kappa shape index (κ1) is 26.9. The number of hydrogen-bond acceptors (Lipinski definition) is 1. The summed E-state index contributed by atoms with van der Waals surface area (Å²) in [5.74, 6) is 0. The fourth-order valence-corrected chi connectivity index (χ4v) is 3.53. The normalized spacial score (nSPS) is 12.0. The first-order valence-corrected chi connectivity index (χ1v) is 12.3. The molecule has 0 aromatic carbocycles. The van der Waals surface area contributed by atoms with Crippen molar-refractivity contribution in [1.29, 1.82) is 0 Å². The maximum Gasteiger partial charge on any atom is 0.0894 e. The van der Waals surface area contributed by atoms with E-state index in [4.69, 9.17) is 4.74 Å². The molecule has 0 saturated carbocycles. The number of ether oxygens (including phenoxy) is 1. The van der Waals surface area contributed by atoms with Gasteiger partial charge in [0.25, 0.3) is 0 Å². The maximum absolute atomic E-state index is 12.0. The SMILES string of the molecule is CCC(C)(C)CCCOCCCCCCCCCCCCCCCCCF. The van der Waals surface area contributed by atoms with Crippen molar-refractivity contribution >= 4 is 0 Å². The van der Waals surface area contributed by atoms with Gasteiger partial charge < -0.3 is 4.74 Å². The van der Waals surface area contributed by atoms with Gasteiger partial charge >= 0.3 is 0 Å². The van der Waals surface area contributed by atoms with Gasteiger partial charge in [0.1, 0.15) is 0 Å². The molecule has 2 heteroatoms. The molecule has 0 unspecified atom stereocenters. The molecule has 0 aromatic heterocycles. The topological polar surface area (TPSA) is 9.23 Å². The summed E-state index contributed by atoms with van der Waals surface area (Å²) in [4.78, 5) is 0. The molecule has 0 radical (unpaired) electrons. The van der Waals surface area contributed by atoms with E-state index in [1.54, 1.807) is 0 Å². The minimum absolute atomic E-state index is 0.133. The second-order valence-electron chi connectivity index (χ2n) is 9.23. The summed E-state index contributed by atoms with van der Waals surface area (Å²) in [7, 11) is 0. The van der Waals surface area contributed by atoms with Gasteiger partial charge in [0.15, 0.2) is 0 Å². The molecule has 0 N–H and O–H groups in total. The van der Waals surface area contributed by atoms with Crippen LogP contribution in [-0.2, 0) is 4.74 Å². The Hall–Kier alpha value is -0.110. The Morgan fingerprint density at radius 3 is 1.33 bits per heavy atom. The highest BCUT2D eigenvalue weighted by Gasteiger charge is 2.13. The quantitative estimate of drug-likeness (QED) is 0.169. The lowest BCUT2D eigenvalue weighted by Crippen LogP contribution is -2.10. The van der Waals surface area contributed by atoms with Gasteiger partial charge in [-0.1, -0.05) is 111 Å². The highest BCUT2D eigenvalue weighted by atomic mass is 19.1. The van der Waals surface area contributed by atoms with Crippen molar-refractivity contribution < 1.29 is 9.13 Å². The van der Waals surface area contributed by atoms with Crippen LogP contribution in [0.3, 0.4) is 0 Å². The van der Waals surface area contributed by atoms with Gasteiger partial charge in [-0.3, -0.25) is 4.39 Å². The minimum atomic E-state index is -0.133. The van der Waals surface area contributed by atoms with E-state index >= 15 is 0 Å². The Labute approximate surface area is 171 Å². The van der Waals surface area contributed by atoms with E-state index < -0.39 is 0 Å². The van der Waals surface area contributed by atoms with Gasteiger partial charge in [-0.15, -0.1) is 0 Å². The van der Waals surface area contributed by atoms with E-state index in [0.717, 1.165) is 26.1 Å². The van der Waals surface area contributed by atoms with Crippen LogP contribution in [0.5, 0.6) is 0 Å². The summed E-state index contributed by atoms with van der Waals surface area (Å²) in [5.41, 5.74) is 0.486. The van der Waals surface area contributed by atoms with Crippen LogP contribution in [0.2, 0.25) is 0 Å². The standard InChI is InChI=1S/C25H51FO/c1-4-25(2,3)21-20-24-27-23-19-17-15-13-11-9-7-5-6-8-10-12-14-16-18-22-26/h4-24H2,1-3H3. The third-order valence-electron chi connectivity index (χ3n) is 6.02. The van der Waals surface area contributed by atoms with Crippen molar-refractivity contribution in [3.05, 3.63) is 0 Å². The molecule has 0 atom stereocenters. The largest absolute Gasteiger partial charge is 0.381 e. The van der Waals surface area contributed by atoms with Crippen LogP contribution in [0, 0.1) is 5.41 Å². The second-order valence-corrected chi connectivity index (χ2v) is 9.23. The van der Waals surface area contributed by atoms with Crippen LogP contribution in [0.15, 0.2) is 0 Å². The van der Waals surface area contributed by atoms with Crippen LogP contribution in [0.25, 0.3) is 0 Å². The number of rotatable bonds is 22. The zero-order valence-corrected chi connectivity index (χ0v) is 19.1. The highest BCUT2D eigenvalue weighted by molar-refractivity contribution is 4.65. The summed E-state index contributed by atoms with van der Waals surface area (Å²) in [5, 5.41) is 0. The van der Waals surface area contributed by atoms with Crippen LogP contribution >= 0.6 is 0 Å². The Balaban J connectivity index is 3.05. The zero-order valence-electron chi connectivity index (χ0n) is 19.1. The maximum atomic E-state index is 12.0. The molecule has 0 aliphatic rings. The molecule has 0 aliphatic heterocycles. The Morgan fingerprint density at radius 1 is 0.556 bits per heavy atom. The van der Waals surface area contributed by atoms with Crippen LogP contribution in [0.1, 0.15) is 136 Å². The number of halogens is 1. The molecule has 164 valence electrons. The molecule has 1 nitrogen and oxygen atoms in total. The van der Waals surface area contributed by atoms with Gasteiger partial charge in [0, 0.05) is 13.2 Å². The van der Waals surface area contributed by atoms with Crippen LogP contribution in [-0.4, -0.2) is 19.9 Å². The summed E-state index contributed by atoms with van der Waals surface area (Å²) >= 11 is 0. The van der Waals surface area contributed by atoms with Gasteiger partial charge in [0.05, 0.1) is 6.67 Å². The summed E-state index contributed by atoms with van der Waals surface area (Å²) in [6.45, 7) is 8.76. The van der Waals surface area contributed by atoms with Crippen molar-refractivity contribution in [2.24, 2.45) is 5.41 Å². The third kappa shape index (κ3) is 22.0. The molecule has 0 spiro atoms. The lowest BCUT2D eigenvalue weighted by Gasteiger charge is -2.22. The lowest BCUT2D eigenvalue weighted by molar-refractivity contribution is 0.116. The van der Waals surface area contributed by atoms with Gasteiger partial charge in [-0.05, 0) is 31.1 Å². The van der Waals surface area contributed by atoms with E-state index in [0.29, 0.717) is 5.41 Å². The monoisotopic (exact) mass is 386 g/mol. The summed E-state index contributed by atoms with van der Waals surface area (Å²) < 4.78 is 17.7. The van der Waals surface area contributed by atoms with Crippen molar-refractivity contribution in [2.75, 3.05) is 19.9 Å². The average molecular weight is 387 g/mol. The first-order chi connectivity index (χ1) is 13.1. The molecule has 27 heavy (non-hydrogen) atoms. The molecular weight excluding hydrogens is 335 g/mol. The third-order valence-corrected chi connectivity index (χ3v) is 6.02. The minimum Gasteiger partial charge on any atom is -0.381 e. The number of hydrogen-bond donors (Lipinski definition) is 0. The fraction of sp³-hybridized carbons (Fsp3) is 1.00. The fourth-order valence-electron chi connectivity index (χ4n) is 3.53. The van der Waals surface area contributed by atoms with Crippen LogP contribution < -0.4 is 0 Å². The average Bonchev–Trinajstić information content (AvgIpc) is 2.66. The van der Waals surface area contributed by atoms with Crippen molar-refractivity contribution in [3.8, 4) is 0 Å². The second kappa shape index (κ2) is 20.6. The van der Waals surface area contributed by atoms with Crippen LogP contribution in [0.4, 0.5) is 4.39 Å². The Bertz CT molecular complexity index is 277. The predicted octanol–water partition coefficient (Wildman–Crippen LogP) is 9.04. The number of alkyl halides is 1. The molecule has 0 saturated heterocycles. The smallest absolute Gasteiger partial charge is 0.0894 e. The molecule has 0 bridgehead atoms. The van der Waals surface area contributed by atoms with Crippen molar-refractivity contribution in [1.82, 2.24) is 0 Å². The summed E-state index contributed by atoms with van der Waals surface area (Å²) in [6, 6.07) is 0. The van der Waals surface area contributed by atoms with Gasteiger partial charge in [0.2, 0.25) is 0 Å². The van der Waals surface area contributed by atoms with Crippen molar-refractivity contribution in [2.45, 2.75) is 136 Å². The highest BCUT2D eigenvalue weighted by Crippen LogP contribution is 2.25.